The Labute approximate surface area is 120 Å². The Kier molecular flexibility index (Phi) is 4.29. The molecule has 1 aromatic carbocycles. The van der Waals surface area contributed by atoms with E-state index in [0.29, 0.717) is 5.16 Å². The molecular weight excluding hydrogens is 276 g/mol. The number of urea groups is 1. The van der Waals surface area contributed by atoms with Gasteiger partial charge in [-0.3, -0.25) is 10.1 Å². The molecule has 0 fully saturated rings. The van der Waals surface area contributed by atoms with Crippen LogP contribution >= 0.6 is 11.8 Å². The fraction of sp³-hybridized carbons (Fsp3) is 0.308. The second kappa shape index (κ2) is 5.96. The van der Waals surface area contributed by atoms with Crippen LogP contribution in [0.5, 0.6) is 0 Å². The topological polar surface area (TPSA) is 86.9 Å². The molecule has 2 aromatic rings. The van der Waals surface area contributed by atoms with E-state index in [4.69, 9.17) is 0 Å². The largest absolute Gasteiger partial charge is 0.341 e. The van der Waals surface area contributed by atoms with Gasteiger partial charge in [0.1, 0.15) is 0 Å². The van der Waals surface area contributed by atoms with Crippen LogP contribution in [0.3, 0.4) is 0 Å². The van der Waals surface area contributed by atoms with Crippen molar-refractivity contribution < 1.29 is 9.59 Å². The number of carbonyl (C=O) groups excluding carboxylic acids is 2. The molecule has 1 atom stereocenters. The normalized spacial score (nSPS) is 12.2. The second-order valence-electron chi connectivity index (χ2n) is 4.39. The predicted octanol–water partition coefficient (Wildman–Crippen LogP) is 1.81. The lowest BCUT2D eigenvalue weighted by Gasteiger charge is -2.08. The summed E-state index contributed by atoms with van der Waals surface area (Å²) in [6, 6.07) is 5.41. The van der Waals surface area contributed by atoms with Gasteiger partial charge in [-0.25, -0.2) is 9.78 Å². The summed E-state index contributed by atoms with van der Waals surface area (Å²) in [7, 11) is 1.46. The zero-order valence-electron chi connectivity index (χ0n) is 11.5. The average Bonchev–Trinajstić information content (AvgIpc) is 2.79. The van der Waals surface area contributed by atoms with E-state index < -0.39 is 11.3 Å². The van der Waals surface area contributed by atoms with Gasteiger partial charge in [0, 0.05) is 7.05 Å². The third-order valence-corrected chi connectivity index (χ3v) is 3.72. The molecule has 0 unspecified atom stereocenters. The Morgan fingerprint density at radius 1 is 1.40 bits per heavy atom. The minimum atomic E-state index is -0.511. The molecule has 1 aromatic heterocycles. The standard InChI is InChI=1S/C13H16N4O2S/c1-7-4-5-9-10(6-7)16-13(15-9)20-8(2)11(18)17-12(19)14-3/h4-6,8H,1-3H3,(H,15,16)(H2,14,17,18,19)/t8-/m0/s1. The van der Waals surface area contributed by atoms with Crippen molar-refractivity contribution in [2.24, 2.45) is 0 Å². The van der Waals surface area contributed by atoms with Crippen molar-refractivity contribution in [3.05, 3.63) is 23.8 Å². The molecular formula is C13H16N4O2S. The zero-order chi connectivity index (χ0) is 14.7. The molecule has 2 rings (SSSR count). The maximum Gasteiger partial charge on any atom is 0.321 e. The third kappa shape index (κ3) is 3.30. The number of nitrogens with one attached hydrogen (secondary N) is 3. The predicted molar refractivity (Wildman–Crippen MR) is 78.7 cm³/mol. The summed E-state index contributed by atoms with van der Waals surface area (Å²) in [5.41, 5.74) is 2.94. The van der Waals surface area contributed by atoms with E-state index in [1.165, 1.54) is 18.8 Å². The summed E-state index contributed by atoms with van der Waals surface area (Å²) in [5, 5.41) is 4.82. The summed E-state index contributed by atoms with van der Waals surface area (Å²) in [5.74, 6) is -0.356. The van der Waals surface area contributed by atoms with Crippen molar-refractivity contribution in [3.63, 3.8) is 0 Å². The fourth-order valence-electron chi connectivity index (χ4n) is 1.65. The number of hydrogen-bond donors (Lipinski definition) is 3. The SMILES string of the molecule is CNC(=O)NC(=O)[C@H](C)Sc1nc2ccc(C)cc2[nH]1. The summed E-state index contributed by atoms with van der Waals surface area (Å²) in [6.07, 6.45) is 0. The summed E-state index contributed by atoms with van der Waals surface area (Å²) >= 11 is 1.28. The number of imide groups is 1. The first-order valence-corrected chi connectivity index (χ1v) is 7.03. The number of fused-ring (bicyclic) bond motifs is 1. The number of imidazole rings is 1. The highest BCUT2D eigenvalue weighted by atomic mass is 32.2. The Hall–Kier alpha value is -2.02. The highest BCUT2D eigenvalue weighted by molar-refractivity contribution is 8.00. The van der Waals surface area contributed by atoms with Crippen LogP contribution in [0.25, 0.3) is 11.0 Å². The van der Waals surface area contributed by atoms with Crippen LogP contribution in [0, 0.1) is 6.92 Å². The monoisotopic (exact) mass is 292 g/mol. The van der Waals surface area contributed by atoms with Crippen molar-refractivity contribution in [3.8, 4) is 0 Å². The van der Waals surface area contributed by atoms with Crippen molar-refractivity contribution in [1.82, 2.24) is 20.6 Å². The highest BCUT2D eigenvalue weighted by Crippen LogP contribution is 2.23. The number of aromatic amines is 1. The van der Waals surface area contributed by atoms with Gasteiger partial charge in [-0.1, -0.05) is 17.8 Å². The van der Waals surface area contributed by atoms with Crippen LogP contribution in [0.2, 0.25) is 0 Å². The molecule has 106 valence electrons. The quantitative estimate of drug-likeness (QED) is 0.753. The number of H-pyrrole nitrogens is 1. The summed E-state index contributed by atoms with van der Waals surface area (Å²) in [6.45, 7) is 3.73. The molecule has 6 nitrogen and oxygen atoms in total. The first kappa shape index (κ1) is 14.4. The lowest BCUT2D eigenvalue weighted by atomic mass is 10.2. The van der Waals surface area contributed by atoms with Crippen molar-refractivity contribution in [2.75, 3.05) is 7.05 Å². The van der Waals surface area contributed by atoms with Crippen LogP contribution in [-0.2, 0) is 4.79 Å². The molecule has 0 saturated heterocycles. The number of rotatable bonds is 3. The van der Waals surface area contributed by atoms with Crippen molar-refractivity contribution in [2.45, 2.75) is 24.3 Å². The van der Waals surface area contributed by atoms with Gasteiger partial charge in [0.25, 0.3) is 0 Å². The smallest absolute Gasteiger partial charge is 0.321 e. The fourth-order valence-corrected chi connectivity index (χ4v) is 2.47. The van der Waals surface area contributed by atoms with E-state index in [-0.39, 0.29) is 5.91 Å². The van der Waals surface area contributed by atoms with Crippen LogP contribution in [0.15, 0.2) is 23.4 Å². The van der Waals surface area contributed by atoms with Crippen LogP contribution < -0.4 is 10.6 Å². The first-order valence-electron chi connectivity index (χ1n) is 6.15. The second-order valence-corrected chi connectivity index (χ2v) is 5.72. The maximum absolute atomic E-state index is 11.8. The molecule has 0 aliphatic rings. The van der Waals surface area contributed by atoms with Gasteiger partial charge < -0.3 is 10.3 Å². The van der Waals surface area contributed by atoms with E-state index in [1.54, 1.807) is 6.92 Å². The number of benzene rings is 1. The Morgan fingerprint density at radius 2 is 2.15 bits per heavy atom. The molecule has 0 saturated carbocycles. The van der Waals surface area contributed by atoms with Crippen LogP contribution in [0.1, 0.15) is 12.5 Å². The van der Waals surface area contributed by atoms with Gasteiger partial charge in [-0.15, -0.1) is 0 Å². The van der Waals surface area contributed by atoms with Gasteiger partial charge in [0.15, 0.2) is 5.16 Å². The maximum atomic E-state index is 11.8. The van der Waals surface area contributed by atoms with Crippen LogP contribution in [0.4, 0.5) is 4.79 Å². The number of hydrogen-bond acceptors (Lipinski definition) is 4. The number of nitrogens with zero attached hydrogens (tertiary/aromatic N) is 1. The zero-order valence-corrected chi connectivity index (χ0v) is 12.3. The third-order valence-electron chi connectivity index (χ3n) is 2.74. The minimum Gasteiger partial charge on any atom is -0.341 e. The van der Waals surface area contributed by atoms with Crippen LogP contribution in [-0.4, -0.2) is 34.2 Å². The van der Waals surface area contributed by atoms with Crippen molar-refractivity contribution >= 4 is 34.7 Å². The Balaban J connectivity index is 2.07. The molecule has 7 heteroatoms. The highest BCUT2D eigenvalue weighted by Gasteiger charge is 2.18. The Bertz CT molecular complexity index is 653. The molecule has 3 N–H and O–H groups in total. The lowest BCUT2D eigenvalue weighted by molar-refractivity contribution is -0.119. The number of amides is 3. The number of carbonyl (C=O) groups is 2. The van der Waals surface area contributed by atoms with Gasteiger partial charge in [0.05, 0.1) is 16.3 Å². The van der Waals surface area contributed by atoms with E-state index in [2.05, 4.69) is 20.6 Å². The number of aryl methyl sites for hydroxylation is 1. The molecule has 3 amide bonds. The summed E-state index contributed by atoms with van der Waals surface area (Å²) in [4.78, 5) is 30.4. The Morgan fingerprint density at radius 3 is 2.85 bits per heavy atom. The van der Waals surface area contributed by atoms with E-state index >= 15 is 0 Å². The van der Waals surface area contributed by atoms with E-state index in [0.717, 1.165) is 16.6 Å². The molecule has 0 aliphatic heterocycles. The number of thioether (sulfide) groups is 1. The molecule has 0 radical (unpaired) electrons. The van der Waals surface area contributed by atoms with Gasteiger partial charge in [0.2, 0.25) is 5.91 Å². The molecule has 20 heavy (non-hydrogen) atoms. The van der Waals surface area contributed by atoms with Gasteiger partial charge in [-0.05, 0) is 31.5 Å². The lowest BCUT2D eigenvalue weighted by Crippen LogP contribution is -2.41. The van der Waals surface area contributed by atoms with E-state index in [9.17, 15) is 9.59 Å². The van der Waals surface area contributed by atoms with Crippen molar-refractivity contribution in [1.29, 1.82) is 0 Å². The molecule has 1 heterocycles. The number of aromatic nitrogens is 2. The molecule has 0 aliphatic carbocycles. The first-order chi connectivity index (χ1) is 9.49. The van der Waals surface area contributed by atoms with Gasteiger partial charge in [-0.2, -0.15) is 0 Å². The molecule has 0 bridgehead atoms. The average molecular weight is 292 g/mol. The van der Waals surface area contributed by atoms with E-state index in [1.807, 2.05) is 25.1 Å². The molecule has 0 spiro atoms. The minimum absolute atomic E-state index is 0.356. The van der Waals surface area contributed by atoms with Gasteiger partial charge >= 0.3 is 6.03 Å². The summed E-state index contributed by atoms with van der Waals surface area (Å²) < 4.78 is 0.